The minimum absolute atomic E-state index is 0.584. The Morgan fingerprint density at radius 3 is 3.00 bits per heavy atom. The monoisotopic (exact) mass is 233 g/mol. The fourth-order valence-electron chi connectivity index (χ4n) is 1.79. The Labute approximate surface area is 96.3 Å². The quantitative estimate of drug-likeness (QED) is 0.575. The molecule has 0 N–H and O–H groups in total. The van der Waals surface area contributed by atoms with Gasteiger partial charge in [-0.2, -0.15) is 0 Å². The SMILES string of the molecule is ClCc1cc2c(ccc3ncccc32)s1. The third-order valence-corrected chi connectivity index (χ3v) is 4.01. The first kappa shape index (κ1) is 9.13. The molecule has 0 radical (unpaired) electrons. The Hall–Kier alpha value is -1.12. The van der Waals surface area contributed by atoms with Crippen LogP contribution in [-0.2, 0) is 5.88 Å². The summed E-state index contributed by atoms with van der Waals surface area (Å²) in [6.07, 6.45) is 1.82. The van der Waals surface area contributed by atoms with E-state index in [9.17, 15) is 0 Å². The van der Waals surface area contributed by atoms with Crippen molar-refractivity contribution in [1.29, 1.82) is 0 Å². The van der Waals surface area contributed by atoms with Gasteiger partial charge in [-0.1, -0.05) is 6.07 Å². The molecule has 0 saturated heterocycles. The maximum Gasteiger partial charge on any atom is 0.0708 e. The number of aromatic nitrogens is 1. The molecule has 1 aromatic carbocycles. The first-order valence-corrected chi connectivity index (χ1v) is 6.06. The summed E-state index contributed by atoms with van der Waals surface area (Å²) in [5.74, 6) is 0.584. The molecular weight excluding hydrogens is 226 g/mol. The predicted octanol–water partition coefficient (Wildman–Crippen LogP) is 4.19. The number of nitrogens with zero attached hydrogens (tertiary/aromatic N) is 1. The number of halogens is 1. The number of rotatable bonds is 1. The molecule has 0 atom stereocenters. The third-order valence-electron chi connectivity index (χ3n) is 2.46. The molecule has 0 saturated carbocycles. The van der Waals surface area contributed by atoms with Gasteiger partial charge < -0.3 is 0 Å². The van der Waals surface area contributed by atoms with Crippen LogP contribution >= 0.6 is 22.9 Å². The predicted molar refractivity (Wildman–Crippen MR) is 66.7 cm³/mol. The molecule has 1 nitrogen and oxygen atoms in total. The fourth-order valence-corrected chi connectivity index (χ4v) is 2.96. The first-order chi connectivity index (χ1) is 7.38. The molecule has 0 unspecified atom stereocenters. The zero-order valence-electron chi connectivity index (χ0n) is 7.90. The summed E-state index contributed by atoms with van der Waals surface area (Å²) < 4.78 is 1.28. The molecule has 0 fully saturated rings. The molecule has 0 aliphatic rings. The van der Waals surface area contributed by atoms with Gasteiger partial charge in [-0.25, -0.2) is 0 Å². The molecule has 0 amide bonds. The van der Waals surface area contributed by atoms with Gasteiger partial charge in [0.25, 0.3) is 0 Å². The maximum atomic E-state index is 5.84. The highest BCUT2D eigenvalue weighted by atomic mass is 35.5. The zero-order valence-corrected chi connectivity index (χ0v) is 9.48. The van der Waals surface area contributed by atoms with Crippen LogP contribution in [0.5, 0.6) is 0 Å². The number of benzene rings is 1. The van der Waals surface area contributed by atoms with E-state index in [1.165, 1.54) is 20.3 Å². The lowest BCUT2D eigenvalue weighted by Gasteiger charge is -1.96. The molecule has 0 spiro atoms. The van der Waals surface area contributed by atoms with Gasteiger partial charge in [0.2, 0.25) is 0 Å². The number of pyridine rings is 1. The second-order valence-electron chi connectivity index (χ2n) is 3.39. The van der Waals surface area contributed by atoms with Crippen molar-refractivity contribution in [2.75, 3.05) is 0 Å². The van der Waals surface area contributed by atoms with Gasteiger partial charge in [-0.3, -0.25) is 4.98 Å². The van der Waals surface area contributed by atoms with Crippen molar-refractivity contribution in [3.05, 3.63) is 41.4 Å². The van der Waals surface area contributed by atoms with Crippen molar-refractivity contribution in [2.24, 2.45) is 0 Å². The molecule has 0 bridgehead atoms. The van der Waals surface area contributed by atoms with Crippen molar-refractivity contribution in [3.63, 3.8) is 0 Å². The lowest BCUT2D eigenvalue weighted by Crippen LogP contribution is -1.76. The van der Waals surface area contributed by atoms with E-state index in [2.05, 4.69) is 29.2 Å². The van der Waals surface area contributed by atoms with Crippen LogP contribution in [0.4, 0.5) is 0 Å². The third kappa shape index (κ3) is 1.41. The van der Waals surface area contributed by atoms with Crippen molar-refractivity contribution in [2.45, 2.75) is 5.88 Å². The van der Waals surface area contributed by atoms with Crippen molar-refractivity contribution in [3.8, 4) is 0 Å². The van der Waals surface area contributed by atoms with Crippen molar-refractivity contribution < 1.29 is 0 Å². The molecule has 3 heteroatoms. The highest BCUT2D eigenvalue weighted by molar-refractivity contribution is 7.19. The van der Waals surface area contributed by atoms with Crippen LogP contribution in [0.2, 0.25) is 0 Å². The van der Waals surface area contributed by atoms with E-state index in [-0.39, 0.29) is 0 Å². The number of fused-ring (bicyclic) bond motifs is 3. The molecule has 0 aliphatic heterocycles. The van der Waals surface area contributed by atoms with Gasteiger partial charge >= 0.3 is 0 Å². The van der Waals surface area contributed by atoms with Crippen LogP contribution < -0.4 is 0 Å². The van der Waals surface area contributed by atoms with E-state index >= 15 is 0 Å². The largest absolute Gasteiger partial charge is 0.256 e. The van der Waals surface area contributed by atoms with Crippen LogP contribution in [0.3, 0.4) is 0 Å². The minimum Gasteiger partial charge on any atom is -0.256 e. The average Bonchev–Trinajstić information content (AvgIpc) is 2.72. The second kappa shape index (κ2) is 3.47. The van der Waals surface area contributed by atoms with Gasteiger partial charge in [0.1, 0.15) is 0 Å². The van der Waals surface area contributed by atoms with Crippen LogP contribution in [0.1, 0.15) is 4.88 Å². The van der Waals surface area contributed by atoms with Crippen LogP contribution in [0.25, 0.3) is 21.0 Å². The van der Waals surface area contributed by atoms with E-state index in [1.54, 1.807) is 11.3 Å². The summed E-state index contributed by atoms with van der Waals surface area (Å²) >= 11 is 7.60. The molecular formula is C12H8ClNS. The molecule has 74 valence electrons. The maximum absolute atomic E-state index is 5.84. The van der Waals surface area contributed by atoms with Crippen LogP contribution in [0.15, 0.2) is 36.5 Å². The van der Waals surface area contributed by atoms with E-state index in [1.807, 2.05) is 12.3 Å². The molecule has 0 aliphatic carbocycles. The van der Waals surface area contributed by atoms with Gasteiger partial charge in [0.15, 0.2) is 0 Å². The number of hydrogen-bond donors (Lipinski definition) is 0. The lowest BCUT2D eigenvalue weighted by atomic mass is 10.1. The lowest BCUT2D eigenvalue weighted by molar-refractivity contribution is 1.42. The highest BCUT2D eigenvalue weighted by Gasteiger charge is 2.04. The summed E-state index contributed by atoms with van der Waals surface area (Å²) in [6, 6.07) is 10.4. The summed E-state index contributed by atoms with van der Waals surface area (Å²) in [4.78, 5) is 5.55. The number of hydrogen-bond acceptors (Lipinski definition) is 2. The normalized spacial score (nSPS) is 11.3. The Morgan fingerprint density at radius 2 is 2.13 bits per heavy atom. The van der Waals surface area contributed by atoms with E-state index in [0.29, 0.717) is 5.88 Å². The van der Waals surface area contributed by atoms with E-state index < -0.39 is 0 Å². The standard InChI is InChI=1S/C12H8ClNS/c13-7-8-6-10-9-2-1-5-14-11(9)3-4-12(10)15-8/h1-6H,7H2. The van der Waals surface area contributed by atoms with Gasteiger partial charge in [-0.15, -0.1) is 22.9 Å². The minimum atomic E-state index is 0.584. The summed E-state index contributed by atoms with van der Waals surface area (Å²) in [6.45, 7) is 0. The van der Waals surface area contributed by atoms with Crippen molar-refractivity contribution in [1.82, 2.24) is 4.98 Å². The molecule has 2 heterocycles. The smallest absolute Gasteiger partial charge is 0.0708 e. The summed E-state index contributed by atoms with van der Waals surface area (Å²) in [5.41, 5.74) is 1.05. The van der Waals surface area contributed by atoms with E-state index in [4.69, 9.17) is 11.6 Å². The number of alkyl halides is 1. The Morgan fingerprint density at radius 1 is 1.20 bits per heavy atom. The topological polar surface area (TPSA) is 12.9 Å². The van der Waals surface area contributed by atoms with Crippen LogP contribution in [-0.4, -0.2) is 4.98 Å². The van der Waals surface area contributed by atoms with E-state index in [0.717, 1.165) is 5.52 Å². The molecule has 3 aromatic rings. The zero-order chi connectivity index (χ0) is 10.3. The fraction of sp³-hybridized carbons (Fsp3) is 0.0833. The second-order valence-corrected chi connectivity index (χ2v) is 4.83. The van der Waals surface area contributed by atoms with Gasteiger partial charge in [-0.05, 0) is 24.3 Å². The Kier molecular flexibility index (Phi) is 2.11. The summed E-state index contributed by atoms with van der Waals surface area (Å²) in [7, 11) is 0. The van der Waals surface area contributed by atoms with Gasteiger partial charge in [0.05, 0.1) is 11.4 Å². The van der Waals surface area contributed by atoms with Gasteiger partial charge in [0, 0.05) is 26.5 Å². The van der Waals surface area contributed by atoms with Crippen LogP contribution in [0, 0.1) is 0 Å². The average molecular weight is 234 g/mol. The summed E-state index contributed by atoms with van der Waals surface area (Å²) in [5, 5.41) is 2.48. The molecule has 3 rings (SSSR count). The Balaban J connectivity index is 2.47. The molecule has 2 aromatic heterocycles. The molecule has 15 heavy (non-hydrogen) atoms. The highest BCUT2D eigenvalue weighted by Crippen LogP contribution is 2.31. The first-order valence-electron chi connectivity index (χ1n) is 4.70. The van der Waals surface area contributed by atoms with Crippen molar-refractivity contribution >= 4 is 43.9 Å². The number of thiophene rings is 1. The Bertz CT molecular complexity index is 630.